The zero-order valence-corrected chi connectivity index (χ0v) is 20.9. The molecule has 1 amide bonds. The molecule has 15 heteroatoms. The van der Waals surface area contributed by atoms with Crippen molar-refractivity contribution in [1.82, 2.24) is 24.5 Å². The summed E-state index contributed by atoms with van der Waals surface area (Å²) in [7, 11) is -3.85. The van der Waals surface area contributed by atoms with Crippen LogP contribution in [0, 0.1) is 0 Å². The number of aliphatic hydroxyl groups is 2. The summed E-state index contributed by atoms with van der Waals surface area (Å²) in [5, 5.41) is 23.0. The van der Waals surface area contributed by atoms with Crippen LogP contribution in [0.4, 0.5) is 19.0 Å². The van der Waals surface area contributed by atoms with Gasteiger partial charge in [0.15, 0.2) is 21.6 Å². The highest BCUT2D eigenvalue weighted by atomic mass is 32.2. The Morgan fingerprint density at radius 3 is 2.39 bits per heavy atom. The summed E-state index contributed by atoms with van der Waals surface area (Å²) in [5.41, 5.74) is 6.86. The second-order valence-electron chi connectivity index (χ2n) is 9.71. The maximum atomic E-state index is 12.9. The summed E-state index contributed by atoms with van der Waals surface area (Å²) in [6.45, 7) is -0.602. The molecule has 2 bridgehead atoms. The Hall–Kier alpha value is -3.30. The lowest BCUT2D eigenvalue weighted by Gasteiger charge is -2.39. The van der Waals surface area contributed by atoms with E-state index in [-0.39, 0.29) is 46.0 Å². The Morgan fingerprint density at radius 1 is 1.21 bits per heavy atom. The molecule has 3 aromatic rings. The Labute approximate surface area is 215 Å². The lowest BCUT2D eigenvalue weighted by molar-refractivity contribution is -0.207. The molecule has 0 radical (unpaired) electrons. The van der Waals surface area contributed by atoms with Crippen LogP contribution in [0.15, 0.2) is 29.4 Å². The van der Waals surface area contributed by atoms with Gasteiger partial charge in [-0.3, -0.25) is 9.78 Å². The van der Waals surface area contributed by atoms with Gasteiger partial charge in [-0.2, -0.15) is 22.8 Å². The minimum atomic E-state index is -4.87. The third-order valence-corrected chi connectivity index (χ3v) is 8.42. The van der Waals surface area contributed by atoms with E-state index in [0.717, 1.165) is 35.9 Å². The van der Waals surface area contributed by atoms with Gasteiger partial charge in [-0.25, -0.2) is 13.4 Å². The molecule has 2 saturated heterocycles. The SMILES string of the molecule is CS(=O)(=O)c1c([C@H]2C[C@H]3CC[C@@H](C2)N3C(=O)CO)nc2c(-c3ccc(C(O)C(F)(F)F)nc3)cnn2c1N. The molecule has 204 valence electrons. The molecule has 0 aliphatic carbocycles. The summed E-state index contributed by atoms with van der Waals surface area (Å²) < 4.78 is 65.4. The molecule has 2 aliphatic rings. The first-order valence-corrected chi connectivity index (χ1v) is 13.7. The first-order chi connectivity index (χ1) is 17.8. The highest BCUT2D eigenvalue weighted by Crippen LogP contribution is 2.45. The number of nitrogens with two attached hydrogens (primary N) is 1. The largest absolute Gasteiger partial charge is 0.420 e. The smallest absolute Gasteiger partial charge is 0.387 e. The van der Waals surface area contributed by atoms with Gasteiger partial charge >= 0.3 is 6.18 Å². The van der Waals surface area contributed by atoms with Gasteiger partial charge in [-0.15, -0.1) is 0 Å². The predicted octanol–water partition coefficient (Wildman–Crippen LogP) is 1.60. The van der Waals surface area contributed by atoms with Gasteiger partial charge in [0.05, 0.1) is 17.6 Å². The number of rotatable bonds is 5. The predicted molar refractivity (Wildman–Crippen MR) is 127 cm³/mol. The number of amides is 1. The highest BCUT2D eigenvalue weighted by Gasteiger charge is 2.45. The lowest BCUT2D eigenvalue weighted by Crippen LogP contribution is -2.47. The first kappa shape index (κ1) is 26.3. The van der Waals surface area contributed by atoms with Crippen molar-refractivity contribution in [3.05, 3.63) is 35.9 Å². The van der Waals surface area contributed by atoms with Crippen LogP contribution in [-0.2, 0) is 14.6 Å². The number of hydrogen-bond donors (Lipinski definition) is 3. The number of nitrogen functional groups attached to an aromatic ring is 1. The fraction of sp³-hybridized carbons (Fsp3) is 0.478. The Balaban J connectivity index is 1.59. The molecule has 2 aliphatic heterocycles. The quantitative estimate of drug-likeness (QED) is 0.425. The van der Waals surface area contributed by atoms with Crippen molar-refractivity contribution in [1.29, 1.82) is 0 Å². The van der Waals surface area contributed by atoms with Crippen molar-refractivity contribution in [3.8, 4) is 11.1 Å². The van der Waals surface area contributed by atoms with Crippen molar-refractivity contribution in [2.24, 2.45) is 0 Å². The maximum Gasteiger partial charge on any atom is 0.420 e. The average molecular weight is 555 g/mol. The van der Waals surface area contributed by atoms with Crippen molar-refractivity contribution in [3.63, 3.8) is 0 Å². The Morgan fingerprint density at radius 2 is 1.87 bits per heavy atom. The second-order valence-corrected chi connectivity index (χ2v) is 11.7. The molecule has 5 rings (SSSR count). The van der Waals surface area contributed by atoms with Gasteiger partial charge in [0.1, 0.15) is 17.3 Å². The number of halogens is 3. The van der Waals surface area contributed by atoms with Crippen LogP contribution in [0.3, 0.4) is 0 Å². The first-order valence-electron chi connectivity index (χ1n) is 11.8. The van der Waals surface area contributed by atoms with E-state index in [4.69, 9.17) is 5.73 Å². The van der Waals surface area contributed by atoms with E-state index in [1.165, 1.54) is 12.3 Å². The summed E-state index contributed by atoms with van der Waals surface area (Å²) in [5.74, 6) is -0.874. The van der Waals surface area contributed by atoms with Crippen molar-refractivity contribution >= 4 is 27.2 Å². The zero-order valence-electron chi connectivity index (χ0n) is 20.1. The van der Waals surface area contributed by atoms with Crippen LogP contribution in [-0.4, -0.2) is 80.1 Å². The number of fused-ring (bicyclic) bond motifs is 3. The second kappa shape index (κ2) is 9.17. The van der Waals surface area contributed by atoms with Crippen molar-refractivity contribution in [2.45, 2.75) is 60.9 Å². The standard InChI is InChI=1S/C23H25F3N6O5S/c1-38(36,37)19-18(12-6-13-3-4-14(7-12)31(13)17(34)10-33)30-22-15(9-29-32(22)21(19)27)11-2-5-16(28-8-11)20(35)23(24,25)26/h2,5,8-9,12-14,20,33,35H,3-4,6-7,10,27H2,1H3/t12-,13+,14-,20?. The van der Waals surface area contributed by atoms with Crippen LogP contribution in [0.25, 0.3) is 16.8 Å². The zero-order chi connectivity index (χ0) is 27.6. The number of anilines is 1. The van der Waals surface area contributed by atoms with Crippen molar-refractivity contribution < 1.29 is 36.6 Å². The minimum absolute atomic E-state index is 0.156. The average Bonchev–Trinajstić information content (AvgIpc) is 3.40. The molecule has 0 aromatic carbocycles. The third-order valence-electron chi connectivity index (χ3n) is 7.27. The molecule has 1 unspecified atom stereocenters. The molecule has 4 N–H and O–H groups in total. The molecule has 11 nitrogen and oxygen atoms in total. The number of hydrogen-bond acceptors (Lipinski definition) is 9. The Bertz CT molecular complexity index is 1490. The third kappa shape index (κ3) is 4.37. The van der Waals surface area contributed by atoms with Crippen LogP contribution in [0.2, 0.25) is 0 Å². The normalized spacial score (nSPS) is 22.7. The number of aromatic nitrogens is 4. The number of nitrogens with zero attached hydrogens (tertiary/aromatic N) is 5. The number of alkyl halides is 3. The summed E-state index contributed by atoms with van der Waals surface area (Å²) >= 11 is 0. The number of pyridine rings is 1. The molecular formula is C23H25F3N6O5S. The van der Waals surface area contributed by atoms with Crippen LogP contribution in [0.1, 0.15) is 49.1 Å². The highest BCUT2D eigenvalue weighted by molar-refractivity contribution is 7.91. The maximum absolute atomic E-state index is 12.9. The molecule has 0 saturated carbocycles. The molecule has 0 spiro atoms. The van der Waals surface area contributed by atoms with Gasteiger partial charge < -0.3 is 20.8 Å². The van der Waals surface area contributed by atoms with E-state index in [9.17, 15) is 36.6 Å². The van der Waals surface area contributed by atoms with Crippen LogP contribution in [0.5, 0.6) is 0 Å². The van der Waals surface area contributed by atoms with Gasteiger partial charge in [0, 0.05) is 41.6 Å². The number of carbonyl (C=O) groups is 1. The van der Waals surface area contributed by atoms with E-state index in [1.807, 2.05) is 0 Å². The van der Waals surface area contributed by atoms with Gasteiger partial charge in [0.2, 0.25) is 5.91 Å². The molecule has 5 heterocycles. The van der Waals surface area contributed by atoms with Crippen molar-refractivity contribution in [2.75, 3.05) is 18.6 Å². The van der Waals surface area contributed by atoms with E-state index in [2.05, 4.69) is 15.1 Å². The monoisotopic (exact) mass is 554 g/mol. The molecule has 38 heavy (non-hydrogen) atoms. The number of piperidine rings is 1. The van der Waals surface area contributed by atoms with Gasteiger partial charge in [-0.1, -0.05) is 6.07 Å². The molecule has 3 aromatic heterocycles. The van der Waals surface area contributed by atoms with E-state index >= 15 is 0 Å². The van der Waals surface area contributed by atoms with E-state index in [0.29, 0.717) is 24.0 Å². The topological polar surface area (TPSA) is 164 Å². The summed E-state index contributed by atoms with van der Waals surface area (Å²) in [6.07, 6.45) is -1.78. The van der Waals surface area contributed by atoms with Crippen LogP contribution >= 0.6 is 0 Å². The molecule has 4 atom stereocenters. The minimum Gasteiger partial charge on any atom is -0.387 e. The van der Waals surface area contributed by atoms with Crippen LogP contribution < -0.4 is 5.73 Å². The number of aliphatic hydroxyl groups excluding tert-OH is 2. The summed E-state index contributed by atoms with van der Waals surface area (Å²) in [6, 6.07) is 2.02. The number of carbonyl (C=O) groups excluding carboxylic acids is 1. The summed E-state index contributed by atoms with van der Waals surface area (Å²) in [4.78, 5) is 22.2. The molecular weight excluding hydrogens is 529 g/mol. The number of sulfone groups is 1. The molecule has 2 fully saturated rings. The fourth-order valence-electron chi connectivity index (χ4n) is 5.66. The van der Waals surface area contributed by atoms with E-state index < -0.39 is 34.4 Å². The Kier molecular flexibility index (Phi) is 6.35. The van der Waals surface area contributed by atoms with Gasteiger partial charge in [0.25, 0.3) is 0 Å². The van der Waals surface area contributed by atoms with Gasteiger partial charge in [-0.05, 0) is 31.7 Å². The van der Waals surface area contributed by atoms with E-state index in [1.54, 1.807) is 4.90 Å². The lowest BCUT2D eigenvalue weighted by atomic mass is 9.87. The fourth-order valence-corrected chi connectivity index (χ4v) is 6.72.